The normalized spacial score (nSPS) is 9.67. The number of hydrogen-bond acceptors (Lipinski definition) is 6. The molecule has 0 radical (unpaired) electrons. The molecule has 60 valence electrons. The summed E-state index contributed by atoms with van der Waals surface area (Å²) in [5.74, 6) is 0.332. The molecule has 12 heavy (non-hydrogen) atoms. The van der Waals surface area contributed by atoms with E-state index >= 15 is 0 Å². The van der Waals surface area contributed by atoms with Crippen molar-refractivity contribution in [3.8, 4) is 11.9 Å². The second-order valence-electron chi connectivity index (χ2n) is 1.88. The third-order valence-electron chi connectivity index (χ3n) is 1.08. The van der Waals surface area contributed by atoms with Gasteiger partial charge in [-0.1, -0.05) is 0 Å². The molecule has 2 heterocycles. The first-order valence-corrected chi connectivity index (χ1v) is 3.17. The van der Waals surface area contributed by atoms with Crippen LogP contribution in [0.2, 0.25) is 0 Å². The smallest absolute Gasteiger partial charge is 0.360 e. The van der Waals surface area contributed by atoms with Crippen LogP contribution >= 0.6 is 0 Å². The second kappa shape index (κ2) is 2.95. The SMILES string of the molecule is c1cnnc(Oc2ncon2)c1. The van der Waals surface area contributed by atoms with Crippen molar-refractivity contribution in [3.63, 3.8) is 0 Å². The maximum absolute atomic E-state index is 5.03. The summed E-state index contributed by atoms with van der Waals surface area (Å²) in [4.78, 5) is 3.64. The van der Waals surface area contributed by atoms with Gasteiger partial charge < -0.3 is 9.26 Å². The van der Waals surface area contributed by atoms with Gasteiger partial charge in [-0.15, -0.1) is 5.10 Å². The minimum absolute atomic E-state index is 0.121. The van der Waals surface area contributed by atoms with Crippen LogP contribution in [-0.4, -0.2) is 20.3 Å². The largest absolute Gasteiger partial charge is 0.402 e. The average Bonchev–Trinajstić information content (AvgIpc) is 2.59. The van der Waals surface area contributed by atoms with Crippen molar-refractivity contribution in [1.82, 2.24) is 20.3 Å². The average molecular weight is 164 g/mol. The van der Waals surface area contributed by atoms with Gasteiger partial charge in [0.15, 0.2) is 0 Å². The van der Waals surface area contributed by atoms with Crippen LogP contribution in [0, 0.1) is 0 Å². The first-order chi connectivity index (χ1) is 5.95. The van der Waals surface area contributed by atoms with E-state index in [0.717, 1.165) is 0 Å². The topological polar surface area (TPSA) is 73.9 Å². The fourth-order valence-corrected chi connectivity index (χ4v) is 0.641. The van der Waals surface area contributed by atoms with E-state index in [1.54, 1.807) is 18.3 Å². The van der Waals surface area contributed by atoms with Gasteiger partial charge in [-0.3, -0.25) is 0 Å². The highest BCUT2D eigenvalue weighted by Crippen LogP contribution is 2.11. The molecule has 0 aliphatic rings. The van der Waals surface area contributed by atoms with E-state index < -0.39 is 0 Å². The van der Waals surface area contributed by atoms with Crippen molar-refractivity contribution in [1.29, 1.82) is 0 Å². The number of hydrogen-bond donors (Lipinski definition) is 0. The summed E-state index contributed by atoms with van der Waals surface area (Å²) in [5, 5.41) is 10.7. The predicted molar refractivity (Wildman–Crippen MR) is 36.4 cm³/mol. The van der Waals surface area contributed by atoms with Gasteiger partial charge in [0.2, 0.25) is 12.3 Å². The van der Waals surface area contributed by atoms with Gasteiger partial charge in [0.25, 0.3) is 0 Å². The van der Waals surface area contributed by atoms with Crippen molar-refractivity contribution in [2.24, 2.45) is 0 Å². The van der Waals surface area contributed by atoms with Gasteiger partial charge in [-0.2, -0.15) is 10.1 Å². The van der Waals surface area contributed by atoms with Crippen LogP contribution < -0.4 is 4.74 Å². The zero-order valence-corrected chi connectivity index (χ0v) is 5.91. The van der Waals surface area contributed by atoms with Crippen LogP contribution in [0.5, 0.6) is 11.9 Å². The van der Waals surface area contributed by atoms with E-state index in [0.29, 0.717) is 5.88 Å². The zero-order chi connectivity index (χ0) is 8.23. The summed E-state index contributed by atoms with van der Waals surface area (Å²) in [6, 6.07) is 3.46. The Bertz CT molecular complexity index is 334. The van der Waals surface area contributed by atoms with Crippen LogP contribution in [0.25, 0.3) is 0 Å². The molecule has 0 spiro atoms. The molecule has 0 saturated heterocycles. The van der Waals surface area contributed by atoms with E-state index in [4.69, 9.17) is 4.74 Å². The number of ether oxygens (including phenoxy) is 1. The molecule has 0 aliphatic heterocycles. The minimum atomic E-state index is 0.121. The number of rotatable bonds is 2. The lowest BCUT2D eigenvalue weighted by molar-refractivity contribution is 0.357. The van der Waals surface area contributed by atoms with Crippen LogP contribution in [0.4, 0.5) is 0 Å². The van der Waals surface area contributed by atoms with Crippen LogP contribution in [-0.2, 0) is 0 Å². The number of nitrogens with zero attached hydrogens (tertiary/aromatic N) is 4. The van der Waals surface area contributed by atoms with E-state index in [1.165, 1.54) is 6.39 Å². The molecule has 0 atom stereocenters. The molecule has 0 aliphatic carbocycles. The van der Waals surface area contributed by atoms with Crippen LogP contribution in [0.1, 0.15) is 0 Å². The lowest BCUT2D eigenvalue weighted by Gasteiger charge is -1.94. The Kier molecular flexibility index (Phi) is 1.65. The molecule has 0 aromatic carbocycles. The first-order valence-electron chi connectivity index (χ1n) is 3.17. The van der Waals surface area contributed by atoms with E-state index in [-0.39, 0.29) is 6.01 Å². The quantitative estimate of drug-likeness (QED) is 0.648. The third-order valence-corrected chi connectivity index (χ3v) is 1.08. The molecule has 0 unspecified atom stereocenters. The Morgan fingerprint density at radius 1 is 1.42 bits per heavy atom. The van der Waals surface area contributed by atoms with Crippen LogP contribution in [0.15, 0.2) is 29.2 Å². The zero-order valence-electron chi connectivity index (χ0n) is 5.91. The van der Waals surface area contributed by atoms with Gasteiger partial charge in [-0.25, -0.2) is 0 Å². The van der Waals surface area contributed by atoms with E-state index in [1.807, 2.05) is 0 Å². The van der Waals surface area contributed by atoms with Crippen molar-refractivity contribution in [2.45, 2.75) is 0 Å². The minimum Gasteiger partial charge on any atom is -0.402 e. The molecule has 0 fully saturated rings. The van der Waals surface area contributed by atoms with Gasteiger partial charge in [0.05, 0.1) is 0 Å². The monoisotopic (exact) mass is 164 g/mol. The molecule has 0 amide bonds. The Morgan fingerprint density at radius 3 is 3.08 bits per heavy atom. The maximum Gasteiger partial charge on any atom is 0.360 e. The fraction of sp³-hybridized carbons (Fsp3) is 0. The molecule has 6 heteroatoms. The van der Waals surface area contributed by atoms with Gasteiger partial charge in [-0.05, 0) is 11.2 Å². The summed E-state index contributed by atoms with van der Waals surface area (Å²) < 4.78 is 9.48. The summed E-state index contributed by atoms with van der Waals surface area (Å²) in [5.41, 5.74) is 0. The third kappa shape index (κ3) is 1.36. The molecule has 2 aromatic heterocycles. The molecule has 0 bridgehead atoms. The highest BCUT2D eigenvalue weighted by molar-refractivity contribution is 5.09. The predicted octanol–water partition coefficient (Wildman–Crippen LogP) is 0.652. The molecule has 0 N–H and O–H groups in total. The van der Waals surface area contributed by atoms with Crippen molar-refractivity contribution >= 4 is 0 Å². The molecular weight excluding hydrogens is 160 g/mol. The Hall–Kier alpha value is -1.98. The summed E-state index contributed by atoms with van der Waals surface area (Å²) in [7, 11) is 0. The molecule has 6 nitrogen and oxygen atoms in total. The highest BCUT2D eigenvalue weighted by atomic mass is 16.6. The second-order valence-corrected chi connectivity index (χ2v) is 1.88. The summed E-state index contributed by atoms with van der Waals surface area (Å²) >= 11 is 0. The van der Waals surface area contributed by atoms with Crippen LogP contribution in [0.3, 0.4) is 0 Å². The highest BCUT2D eigenvalue weighted by Gasteiger charge is 2.00. The van der Waals surface area contributed by atoms with Crippen molar-refractivity contribution in [2.75, 3.05) is 0 Å². The maximum atomic E-state index is 5.03. The summed E-state index contributed by atoms with van der Waals surface area (Å²) in [6.07, 6.45) is 2.72. The lowest BCUT2D eigenvalue weighted by atomic mass is 10.6. The van der Waals surface area contributed by atoms with Gasteiger partial charge in [0.1, 0.15) is 0 Å². The van der Waals surface area contributed by atoms with Crippen molar-refractivity contribution < 1.29 is 9.26 Å². The fourth-order valence-electron chi connectivity index (χ4n) is 0.641. The Balaban J connectivity index is 2.15. The number of aromatic nitrogens is 4. The molecule has 2 aromatic rings. The van der Waals surface area contributed by atoms with E-state index in [2.05, 4.69) is 24.9 Å². The standard InChI is InChI=1S/C6H4N4O2/c1-2-5(9-8-3-1)12-6-7-4-11-10-6/h1-4H. The van der Waals surface area contributed by atoms with Gasteiger partial charge >= 0.3 is 6.01 Å². The first kappa shape index (κ1) is 6.71. The Morgan fingerprint density at radius 2 is 2.42 bits per heavy atom. The lowest BCUT2D eigenvalue weighted by Crippen LogP contribution is -1.89. The van der Waals surface area contributed by atoms with E-state index in [9.17, 15) is 0 Å². The Labute approximate surface area is 67.2 Å². The molecular formula is C6H4N4O2. The molecule has 2 rings (SSSR count). The summed E-state index contributed by atoms with van der Waals surface area (Å²) in [6.45, 7) is 0. The van der Waals surface area contributed by atoms with Crippen molar-refractivity contribution in [3.05, 3.63) is 24.7 Å². The van der Waals surface area contributed by atoms with Gasteiger partial charge in [0, 0.05) is 12.3 Å². The molecule has 0 saturated carbocycles.